The van der Waals surface area contributed by atoms with Gasteiger partial charge in [-0.1, -0.05) is 17.7 Å². The van der Waals surface area contributed by atoms with Crippen LogP contribution in [-0.2, 0) is 16.8 Å². The maximum Gasteiger partial charge on any atom is 0.335 e. The van der Waals surface area contributed by atoms with Crippen molar-refractivity contribution in [3.8, 4) is 5.75 Å². The Labute approximate surface area is 233 Å². The number of thiophene rings is 1. The molecule has 12 nitrogen and oxygen atoms in total. The summed E-state index contributed by atoms with van der Waals surface area (Å²) in [6.07, 6.45) is -0.283. The number of halogens is 1. The molecule has 0 amide bonds. The van der Waals surface area contributed by atoms with Gasteiger partial charge in [-0.15, -0.1) is 11.3 Å². The lowest BCUT2D eigenvalue weighted by Crippen LogP contribution is -2.53. The van der Waals surface area contributed by atoms with Crippen LogP contribution in [0.15, 0.2) is 36.4 Å². The molecule has 0 saturated carbocycles. The topological polar surface area (TPSA) is 154 Å². The molecule has 3 N–H and O–H groups in total. The third-order valence-corrected chi connectivity index (χ3v) is 9.86. The number of carbonyl (C=O) groups excluding carboxylic acids is 1. The van der Waals surface area contributed by atoms with Crippen LogP contribution in [-0.4, -0.2) is 88.3 Å². The summed E-state index contributed by atoms with van der Waals surface area (Å²) in [4.78, 5) is 25.9. The number of nitrogens with zero attached hydrogens (tertiary/aromatic N) is 4. The Morgan fingerprint density at radius 1 is 1.18 bits per heavy atom. The molecule has 3 aromatic rings. The molecule has 1 atom stereocenters. The van der Waals surface area contributed by atoms with Crippen molar-refractivity contribution in [1.82, 2.24) is 18.4 Å². The van der Waals surface area contributed by atoms with Crippen molar-refractivity contribution in [3.05, 3.63) is 62.4 Å². The molecular weight excluding hydrogens is 570 g/mol. The van der Waals surface area contributed by atoms with E-state index in [4.69, 9.17) is 16.3 Å². The molecule has 2 fully saturated rings. The number of aliphatic hydroxyl groups is 1. The van der Waals surface area contributed by atoms with E-state index in [-0.39, 0.29) is 49.0 Å². The highest BCUT2D eigenvalue weighted by atomic mass is 35.5. The lowest BCUT2D eigenvalue weighted by Gasteiger charge is -2.39. The summed E-state index contributed by atoms with van der Waals surface area (Å²) in [6, 6.07) is 9.22. The van der Waals surface area contributed by atoms with Crippen molar-refractivity contribution in [1.29, 1.82) is 0 Å². The first-order valence-electron chi connectivity index (χ1n) is 12.0. The van der Waals surface area contributed by atoms with Gasteiger partial charge in [0, 0.05) is 42.5 Å². The van der Waals surface area contributed by atoms with Crippen LogP contribution in [0.5, 0.6) is 5.75 Å². The highest BCUT2D eigenvalue weighted by Gasteiger charge is 2.44. The van der Waals surface area contributed by atoms with E-state index in [0.717, 1.165) is 9.56 Å². The van der Waals surface area contributed by atoms with Gasteiger partial charge in [0.2, 0.25) is 0 Å². The Morgan fingerprint density at radius 2 is 1.92 bits per heavy atom. The number of aromatic nitrogens is 2. The van der Waals surface area contributed by atoms with E-state index >= 15 is 0 Å². The average molecular weight is 596 g/mol. The molecule has 0 spiro atoms. The number of β-amino-alcohol motifs (C(OH)–C–C–N with tert-alkyl or cyclic N) is 1. The Morgan fingerprint density at radius 3 is 2.54 bits per heavy atom. The van der Waals surface area contributed by atoms with E-state index in [1.54, 1.807) is 6.07 Å². The summed E-state index contributed by atoms with van der Waals surface area (Å²) in [5.41, 5.74) is 0.467. The smallest absolute Gasteiger partial charge is 0.335 e. The summed E-state index contributed by atoms with van der Waals surface area (Å²) in [7, 11) is -2.30. The molecule has 4 heterocycles. The zero-order valence-electron chi connectivity index (χ0n) is 20.8. The van der Waals surface area contributed by atoms with Crippen LogP contribution >= 0.6 is 22.9 Å². The van der Waals surface area contributed by atoms with Crippen molar-refractivity contribution >= 4 is 50.8 Å². The third kappa shape index (κ3) is 5.40. The Hall–Kier alpha value is -3.01. The highest BCUT2D eigenvalue weighted by Crippen LogP contribution is 2.40. The van der Waals surface area contributed by atoms with Gasteiger partial charge < -0.3 is 20.3 Å². The number of aromatic carboxylic acids is 1. The number of aliphatic hydroxyl groups excluding tert-OH is 1. The number of nitrogens with one attached hydrogen (secondary N) is 1. The number of rotatable bonds is 9. The molecule has 208 valence electrons. The van der Waals surface area contributed by atoms with Crippen molar-refractivity contribution in [2.75, 3.05) is 38.6 Å². The molecule has 39 heavy (non-hydrogen) atoms. The van der Waals surface area contributed by atoms with Crippen LogP contribution in [0.2, 0.25) is 4.34 Å². The van der Waals surface area contributed by atoms with Gasteiger partial charge in [0.05, 0.1) is 29.7 Å². The highest BCUT2D eigenvalue weighted by molar-refractivity contribution is 7.86. The van der Waals surface area contributed by atoms with Crippen LogP contribution in [0.4, 0.5) is 5.82 Å². The van der Waals surface area contributed by atoms with E-state index < -0.39 is 28.2 Å². The summed E-state index contributed by atoms with van der Waals surface area (Å²) >= 11 is 7.42. The van der Waals surface area contributed by atoms with Crippen LogP contribution < -0.4 is 10.1 Å². The predicted molar refractivity (Wildman–Crippen MR) is 144 cm³/mol. The number of carbonyl (C=O) groups is 2. The molecule has 0 bridgehead atoms. The molecule has 2 aromatic heterocycles. The van der Waals surface area contributed by atoms with Crippen LogP contribution in [0.3, 0.4) is 0 Å². The minimum atomic E-state index is -3.73. The minimum absolute atomic E-state index is 0.0465. The van der Waals surface area contributed by atoms with Crippen molar-refractivity contribution < 1.29 is 33.0 Å². The first kappa shape index (κ1) is 27.6. The fourth-order valence-corrected chi connectivity index (χ4v) is 7.39. The Balaban J connectivity index is 1.45. The average Bonchev–Trinajstić information content (AvgIpc) is 3.59. The normalized spacial score (nSPS) is 18.7. The van der Waals surface area contributed by atoms with Gasteiger partial charge in [0.15, 0.2) is 11.6 Å². The largest absolute Gasteiger partial charge is 0.491 e. The SMILES string of the molecule is COc1c(C2CN(S(=O)(=O)N3CCC(O)C3)C2)nn(C(=O)c2cccc(C(=O)O)c2)c1NCc1ccc(Cl)s1. The first-order chi connectivity index (χ1) is 18.6. The minimum Gasteiger partial charge on any atom is -0.491 e. The second-order valence-corrected chi connectivity index (χ2v) is 13.0. The molecule has 2 saturated heterocycles. The van der Waals surface area contributed by atoms with Crippen LogP contribution in [0.25, 0.3) is 0 Å². The lowest BCUT2D eigenvalue weighted by molar-refractivity contribution is 0.0697. The molecule has 0 aliphatic carbocycles. The van der Waals surface area contributed by atoms with Gasteiger partial charge in [-0.3, -0.25) is 4.79 Å². The summed E-state index contributed by atoms with van der Waals surface area (Å²) in [5, 5.41) is 26.8. The summed E-state index contributed by atoms with van der Waals surface area (Å²) < 4.78 is 35.9. The maximum absolute atomic E-state index is 13.6. The van der Waals surface area contributed by atoms with Gasteiger partial charge in [0.25, 0.3) is 16.1 Å². The second-order valence-electron chi connectivity index (χ2n) is 9.25. The maximum atomic E-state index is 13.6. The lowest BCUT2D eigenvalue weighted by atomic mass is 9.99. The quantitative estimate of drug-likeness (QED) is 0.338. The third-order valence-electron chi connectivity index (χ3n) is 6.69. The van der Waals surface area contributed by atoms with Crippen molar-refractivity contribution in [3.63, 3.8) is 0 Å². The molecule has 1 unspecified atom stereocenters. The van der Waals surface area contributed by atoms with Crippen LogP contribution in [0, 0.1) is 0 Å². The zero-order valence-corrected chi connectivity index (χ0v) is 23.2. The number of hydrogen-bond donors (Lipinski definition) is 3. The number of benzene rings is 1. The standard InChI is InChI=1S/C24H26ClN5O7S2/c1-37-21-20(16-11-29(12-16)39(35,36)28-8-7-17(31)13-28)27-30(22(21)26-10-18-5-6-19(25)38-18)23(32)14-3-2-4-15(9-14)24(33)34/h2-6,9,16-17,26,31H,7-8,10-13H2,1H3,(H,33,34). The molecule has 15 heteroatoms. The fourth-order valence-electron chi connectivity index (χ4n) is 4.60. The number of carboxylic acid groups (broad SMARTS) is 1. The Bertz CT molecular complexity index is 1520. The van der Waals surface area contributed by atoms with E-state index in [0.29, 0.717) is 28.7 Å². The van der Waals surface area contributed by atoms with Gasteiger partial charge in [-0.2, -0.15) is 26.8 Å². The predicted octanol–water partition coefficient (Wildman–Crippen LogP) is 2.32. The van der Waals surface area contributed by atoms with Gasteiger partial charge in [-0.25, -0.2) is 4.79 Å². The van der Waals surface area contributed by atoms with Gasteiger partial charge in [-0.05, 0) is 36.8 Å². The first-order valence-corrected chi connectivity index (χ1v) is 14.6. The van der Waals surface area contributed by atoms with Gasteiger partial charge >= 0.3 is 5.97 Å². The van der Waals surface area contributed by atoms with Crippen molar-refractivity contribution in [2.45, 2.75) is 25.0 Å². The van der Waals surface area contributed by atoms with Gasteiger partial charge in [0.1, 0.15) is 5.69 Å². The van der Waals surface area contributed by atoms with E-state index in [1.165, 1.54) is 51.3 Å². The number of hydrogen-bond acceptors (Lipinski definition) is 9. The van der Waals surface area contributed by atoms with E-state index in [9.17, 15) is 28.2 Å². The molecule has 2 aliphatic rings. The van der Waals surface area contributed by atoms with E-state index in [2.05, 4.69) is 10.4 Å². The fraction of sp³-hybridized carbons (Fsp3) is 0.375. The molecule has 2 aliphatic heterocycles. The monoisotopic (exact) mass is 595 g/mol. The second kappa shape index (κ2) is 10.9. The Kier molecular flexibility index (Phi) is 7.68. The number of carboxylic acids is 1. The summed E-state index contributed by atoms with van der Waals surface area (Å²) in [6.45, 7) is 0.888. The summed E-state index contributed by atoms with van der Waals surface area (Å²) in [5.74, 6) is -1.55. The number of ether oxygens (including phenoxy) is 1. The zero-order chi connectivity index (χ0) is 27.9. The number of anilines is 1. The molecule has 5 rings (SSSR count). The molecule has 1 aromatic carbocycles. The van der Waals surface area contributed by atoms with Crippen LogP contribution in [0.1, 0.15) is 43.6 Å². The molecule has 0 radical (unpaired) electrons. The number of methoxy groups -OCH3 is 1. The van der Waals surface area contributed by atoms with Crippen molar-refractivity contribution in [2.24, 2.45) is 0 Å². The van der Waals surface area contributed by atoms with E-state index in [1.807, 2.05) is 6.07 Å². The molecular formula is C24H26ClN5O7S2.